The fourth-order valence-corrected chi connectivity index (χ4v) is 7.26. The van der Waals surface area contributed by atoms with Gasteiger partial charge < -0.3 is 14.0 Å². The molecule has 242 valence electrons. The van der Waals surface area contributed by atoms with Gasteiger partial charge in [-0.15, -0.1) is 11.8 Å². The predicted octanol–water partition coefficient (Wildman–Crippen LogP) is 9.51. The first-order chi connectivity index (χ1) is 21.2. The lowest BCUT2D eigenvalue weighted by Gasteiger charge is -2.21. The Balaban J connectivity index is 0.000000259. The third-order valence-corrected chi connectivity index (χ3v) is 10.8. The average molecular weight is 653 g/mol. The van der Waals surface area contributed by atoms with E-state index in [1.54, 1.807) is 43.0 Å². The molecule has 0 amide bonds. The molecule has 4 rings (SSSR count). The van der Waals surface area contributed by atoms with Crippen LogP contribution in [-0.4, -0.2) is 24.9 Å². The van der Waals surface area contributed by atoms with E-state index in [4.69, 9.17) is 18.5 Å². The number of esters is 1. The van der Waals surface area contributed by atoms with Gasteiger partial charge in [0.05, 0.1) is 12.5 Å². The van der Waals surface area contributed by atoms with Crippen LogP contribution in [0.2, 0.25) is 0 Å². The summed E-state index contributed by atoms with van der Waals surface area (Å²) in [6.07, 6.45) is 1.07. The fraction of sp³-hybridized carbons (Fsp3) is 0.429. The molecule has 0 bridgehead atoms. The van der Waals surface area contributed by atoms with Crippen LogP contribution in [0, 0.1) is 35.0 Å². The van der Waals surface area contributed by atoms with E-state index in [0.29, 0.717) is 29.4 Å². The van der Waals surface area contributed by atoms with Crippen LogP contribution in [-0.2, 0) is 18.6 Å². The largest absolute Gasteiger partial charge is 0.458 e. The second-order valence-electron chi connectivity index (χ2n) is 12.2. The van der Waals surface area contributed by atoms with E-state index in [1.165, 1.54) is 4.90 Å². The molecule has 0 aromatic heterocycles. The Hall–Kier alpha value is -3.28. The molecule has 45 heavy (non-hydrogen) atoms. The van der Waals surface area contributed by atoms with E-state index in [0.717, 1.165) is 5.56 Å². The van der Waals surface area contributed by atoms with Crippen LogP contribution in [0.15, 0.2) is 77.7 Å². The maximum atomic E-state index is 12.6. The molecule has 1 aliphatic carbocycles. The number of para-hydroxylation sites is 1. The zero-order valence-electron chi connectivity index (χ0n) is 27.6. The molecule has 1 N–H and O–H groups in total. The van der Waals surface area contributed by atoms with Gasteiger partial charge in [0.25, 0.3) is 0 Å². The lowest BCUT2D eigenvalue weighted by Crippen LogP contribution is -2.23. The van der Waals surface area contributed by atoms with Gasteiger partial charge in [0.2, 0.25) is 6.10 Å². The van der Waals surface area contributed by atoms with Gasteiger partial charge in [0, 0.05) is 16.5 Å². The highest BCUT2D eigenvalue weighted by molar-refractivity contribution is 7.98. The summed E-state index contributed by atoms with van der Waals surface area (Å²) in [7, 11) is -3.30. The molecule has 0 radical (unpaired) electrons. The van der Waals surface area contributed by atoms with E-state index < -0.39 is 13.9 Å². The zero-order valence-corrected chi connectivity index (χ0v) is 29.3. The minimum Gasteiger partial charge on any atom is -0.457 e. The Morgan fingerprint density at radius 3 is 2.16 bits per heavy atom. The van der Waals surface area contributed by atoms with Crippen molar-refractivity contribution in [1.82, 2.24) is 5.09 Å². The van der Waals surface area contributed by atoms with Crippen molar-refractivity contribution in [2.75, 3.05) is 12.9 Å². The number of rotatable bonds is 12. The summed E-state index contributed by atoms with van der Waals surface area (Å²) in [5.74, 6) is 1.34. The van der Waals surface area contributed by atoms with Crippen molar-refractivity contribution >= 4 is 25.5 Å². The van der Waals surface area contributed by atoms with E-state index in [1.807, 2.05) is 75.6 Å². The predicted molar refractivity (Wildman–Crippen MR) is 180 cm³/mol. The normalized spacial score (nSPS) is 16.7. The van der Waals surface area contributed by atoms with Crippen LogP contribution in [0.1, 0.15) is 65.7 Å². The minimum atomic E-state index is -3.30. The smallest absolute Gasteiger partial charge is 0.457 e. The van der Waals surface area contributed by atoms with Gasteiger partial charge in [0.1, 0.15) is 23.3 Å². The van der Waals surface area contributed by atoms with Crippen LogP contribution in [0.3, 0.4) is 0 Å². The Kier molecular flexibility index (Phi) is 12.3. The fourth-order valence-electron chi connectivity index (χ4n) is 5.13. The highest BCUT2D eigenvalue weighted by atomic mass is 32.2. The molecular formula is C35H45N2O6PS. The monoisotopic (exact) mass is 652 g/mol. The number of hydrogen-bond donors (Lipinski definition) is 1. The van der Waals surface area contributed by atoms with Crippen LogP contribution in [0.4, 0.5) is 0 Å². The number of nitriles is 1. The lowest BCUT2D eigenvalue weighted by molar-refractivity contribution is -0.150. The van der Waals surface area contributed by atoms with E-state index in [-0.39, 0.29) is 28.8 Å². The SMILES string of the molecule is CC1(C)C(C(=O)OC(C#N)c2cccc(Oc3ccccc3)c2)C1(C)C.CCOP(=O)(NC(C)C)Oc1ccc(SC)c(C)c1. The molecule has 0 saturated heterocycles. The molecule has 2 unspecified atom stereocenters. The molecule has 2 atom stereocenters. The highest BCUT2D eigenvalue weighted by Gasteiger charge is 2.69. The second-order valence-corrected chi connectivity index (χ2v) is 14.8. The van der Waals surface area contributed by atoms with Gasteiger partial charge in [-0.2, -0.15) is 5.26 Å². The number of thioether (sulfide) groups is 1. The van der Waals surface area contributed by atoms with Gasteiger partial charge in [-0.1, -0.05) is 58.0 Å². The molecule has 0 aliphatic heterocycles. The van der Waals surface area contributed by atoms with Gasteiger partial charge in [-0.25, -0.2) is 9.65 Å². The maximum Gasteiger partial charge on any atom is 0.458 e. The summed E-state index contributed by atoms with van der Waals surface area (Å²) in [5, 5.41) is 12.4. The number of ether oxygens (including phenoxy) is 2. The molecule has 0 heterocycles. The average Bonchev–Trinajstić information content (AvgIpc) is 3.39. The molecule has 8 nitrogen and oxygen atoms in total. The summed E-state index contributed by atoms with van der Waals surface area (Å²) >= 11 is 1.67. The number of aryl methyl sites for hydroxylation is 1. The summed E-state index contributed by atoms with van der Waals surface area (Å²) < 4.78 is 34.6. The first-order valence-corrected chi connectivity index (χ1v) is 17.7. The Morgan fingerprint density at radius 2 is 1.62 bits per heavy atom. The van der Waals surface area contributed by atoms with Crippen LogP contribution in [0.5, 0.6) is 17.2 Å². The molecule has 0 spiro atoms. The number of nitrogens with one attached hydrogen (secondary N) is 1. The Bertz CT molecular complexity index is 1520. The van der Waals surface area contributed by atoms with Crippen molar-refractivity contribution in [3.05, 3.63) is 83.9 Å². The molecule has 1 saturated carbocycles. The van der Waals surface area contributed by atoms with Crippen molar-refractivity contribution in [3.8, 4) is 23.3 Å². The molecule has 10 heteroatoms. The van der Waals surface area contributed by atoms with Crippen LogP contribution < -0.4 is 14.3 Å². The first kappa shape index (κ1) is 36.2. The topological polar surface area (TPSA) is 107 Å². The second kappa shape index (κ2) is 15.3. The molecular weight excluding hydrogens is 607 g/mol. The van der Waals surface area contributed by atoms with Gasteiger partial charge in [0.15, 0.2) is 0 Å². The van der Waals surface area contributed by atoms with Crippen molar-refractivity contribution in [1.29, 1.82) is 5.26 Å². The van der Waals surface area contributed by atoms with Gasteiger partial charge >= 0.3 is 13.7 Å². The standard InChI is InChI=1S/C22H23NO3.C13H22NO3PS/c1-21(2)19(22(21,3)4)20(24)26-18(14-23)15-9-8-12-17(13-15)25-16-10-6-5-7-11-16;1-6-16-18(15,14-10(2)3)17-12-7-8-13(19-5)11(4)9-12/h5-13,18-19H,1-4H3;7-10H,6H2,1-5H3,(H,14,15). The highest BCUT2D eigenvalue weighted by Crippen LogP contribution is 2.68. The minimum absolute atomic E-state index is 0.0175. The van der Waals surface area contributed by atoms with Gasteiger partial charge in [-0.3, -0.25) is 9.32 Å². The summed E-state index contributed by atoms with van der Waals surface area (Å²) in [4.78, 5) is 13.7. The first-order valence-electron chi connectivity index (χ1n) is 15.0. The number of carbonyl (C=O) groups excluding carboxylic acids is 1. The summed E-state index contributed by atoms with van der Waals surface area (Å²) in [6.45, 7) is 16.1. The van der Waals surface area contributed by atoms with E-state index >= 15 is 0 Å². The van der Waals surface area contributed by atoms with Crippen LogP contribution >= 0.6 is 19.5 Å². The lowest BCUT2D eigenvalue weighted by atomic mass is 10.0. The number of nitrogens with zero attached hydrogens (tertiary/aromatic N) is 1. The Labute approximate surface area is 272 Å². The van der Waals surface area contributed by atoms with Crippen LogP contribution in [0.25, 0.3) is 0 Å². The molecule has 1 aliphatic rings. The molecule has 3 aromatic rings. The van der Waals surface area contributed by atoms with Crippen molar-refractivity contribution in [2.45, 2.75) is 72.4 Å². The maximum absolute atomic E-state index is 12.6. The van der Waals surface area contributed by atoms with E-state index in [9.17, 15) is 14.6 Å². The third-order valence-electron chi connectivity index (χ3n) is 8.05. The number of carbonyl (C=O) groups is 1. The third kappa shape index (κ3) is 9.37. The van der Waals surface area contributed by atoms with Crippen molar-refractivity contribution in [3.63, 3.8) is 0 Å². The number of hydrogen-bond acceptors (Lipinski definition) is 8. The molecule has 1 fully saturated rings. The zero-order chi connectivity index (χ0) is 33.4. The molecule has 3 aromatic carbocycles. The summed E-state index contributed by atoms with van der Waals surface area (Å²) in [6, 6.07) is 24.2. The van der Waals surface area contributed by atoms with E-state index in [2.05, 4.69) is 38.9 Å². The van der Waals surface area contributed by atoms with Gasteiger partial charge in [-0.05, 0) is 92.8 Å². The Morgan fingerprint density at radius 1 is 0.978 bits per heavy atom. The quantitative estimate of drug-likeness (QED) is 0.116. The van der Waals surface area contributed by atoms with Crippen molar-refractivity contribution < 1.29 is 27.9 Å². The summed E-state index contributed by atoms with van der Waals surface area (Å²) in [5.41, 5.74) is 1.45. The number of benzene rings is 3. The van der Waals surface area contributed by atoms with Crippen molar-refractivity contribution in [2.24, 2.45) is 16.7 Å².